The second-order valence-electron chi connectivity index (χ2n) is 5.70. The molecular weight excluding hydrogens is 262 g/mol. The fraction of sp³-hybridized carbons (Fsp3) is 0.444. The van der Waals surface area contributed by atoms with Crippen LogP contribution in [0.2, 0.25) is 0 Å². The van der Waals surface area contributed by atoms with Crippen molar-refractivity contribution in [2.45, 2.75) is 46.2 Å². The van der Waals surface area contributed by atoms with Gasteiger partial charge in [-0.25, -0.2) is 0 Å². The van der Waals surface area contributed by atoms with E-state index in [-0.39, 0.29) is 0 Å². The maximum atomic E-state index is 3.75. The van der Waals surface area contributed by atoms with Gasteiger partial charge in [0.1, 0.15) is 0 Å². The minimum Gasteiger partial charge on any atom is -0.305 e. The van der Waals surface area contributed by atoms with Gasteiger partial charge in [0.25, 0.3) is 0 Å². The van der Waals surface area contributed by atoms with Crippen LogP contribution in [0, 0.1) is 5.92 Å². The molecule has 2 heteroatoms. The van der Waals surface area contributed by atoms with Crippen molar-refractivity contribution in [2.24, 2.45) is 5.92 Å². The highest BCUT2D eigenvalue weighted by Crippen LogP contribution is 2.23. The lowest BCUT2D eigenvalue weighted by atomic mass is 9.97. The van der Waals surface area contributed by atoms with Gasteiger partial charge < -0.3 is 5.32 Å². The molecule has 1 aromatic heterocycles. The van der Waals surface area contributed by atoms with E-state index in [1.54, 1.807) is 0 Å². The molecule has 2 rings (SSSR count). The van der Waals surface area contributed by atoms with E-state index in [4.69, 9.17) is 0 Å². The zero-order chi connectivity index (χ0) is 14.4. The van der Waals surface area contributed by atoms with Gasteiger partial charge in [0.05, 0.1) is 0 Å². The topological polar surface area (TPSA) is 12.0 Å². The third kappa shape index (κ3) is 4.19. The number of thiophene rings is 1. The molecule has 2 aromatic rings. The van der Waals surface area contributed by atoms with E-state index in [1.807, 2.05) is 11.3 Å². The van der Waals surface area contributed by atoms with Crippen LogP contribution in [0.15, 0.2) is 41.8 Å². The average molecular weight is 287 g/mol. The molecule has 0 amide bonds. The molecule has 0 aliphatic heterocycles. The molecule has 1 N–H and O–H groups in total. The Morgan fingerprint density at radius 2 is 1.85 bits per heavy atom. The van der Waals surface area contributed by atoms with Gasteiger partial charge in [-0.2, -0.15) is 0 Å². The molecule has 1 nitrogen and oxygen atoms in total. The second-order valence-corrected chi connectivity index (χ2v) is 6.70. The van der Waals surface area contributed by atoms with Crippen LogP contribution in [0.25, 0.3) is 0 Å². The van der Waals surface area contributed by atoms with Gasteiger partial charge in [0, 0.05) is 17.5 Å². The molecule has 0 saturated carbocycles. The maximum absolute atomic E-state index is 3.75. The Morgan fingerprint density at radius 3 is 2.50 bits per heavy atom. The third-order valence-electron chi connectivity index (χ3n) is 3.64. The third-order valence-corrected chi connectivity index (χ3v) is 4.60. The first-order valence-corrected chi connectivity index (χ1v) is 8.42. The Balaban J connectivity index is 2.05. The normalized spacial score (nSPS) is 12.8. The lowest BCUT2D eigenvalue weighted by Gasteiger charge is -2.21. The molecule has 0 bridgehead atoms. The summed E-state index contributed by atoms with van der Waals surface area (Å²) >= 11 is 1.87. The van der Waals surface area contributed by atoms with Gasteiger partial charge in [-0.1, -0.05) is 51.1 Å². The van der Waals surface area contributed by atoms with Crippen LogP contribution in [0.5, 0.6) is 0 Å². The highest BCUT2D eigenvalue weighted by molar-refractivity contribution is 7.10. The van der Waals surface area contributed by atoms with Gasteiger partial charge in [-0.3, -0.25) is 0 Å². The summed E-state index contributed by atoms with van der Waals surface area (Å²) in [7, 11) is 0. The van der Waals surface area contributed by atoms with Gasteiger partial charge in [0.15, 0.2) is 0 Å². The monoisotopic (exact) mass is 287 g/mol. The smallest absolute Gasteiger partial charge is 0.0326 e. The number of aryl methyl sites for hydroxylation is 1. The van der Waals surface area contributed by atoms with Gasteiger partial charge in [0.2, 0.25) is 0 Å². The van der Waals surface area contributed by atoms with Crippen LogP contribution >= 0.6 is 11.3 Å². The van der Waals surface area contributed by atoms with Crippen LogP contribution in [0.3, 0.4) is 0 Å². The van der Waals surface area contributed by atoms with E-state index >= 15 is 0 Å². The quantitative estimate of drug-likeness (QED) is 0.739. The van der Waals surface area contributed by atoms with Crippen molar-refractivity contribution in [2.75, 3.05) is 0 Å². The molecule has 1 heterocycles. The summed E-state index contributed by atoms with van der Waals surface area (Å²) in [5.74, 6) is 0.696. The molecule has 0 spiro atoms. The maximum Gasteiger partial charge on any atom is 0.0326 e. The number of rotatable bonds is 7. The highest BCUT2D eigenvalue weighted by Gasteiger charge is 2.13. The molecule has 0 radical (unpaired) electrons. The van der Waals surface area contributed by atoms with Crippen molar-refractivity contribution >= 4 is 11.3 Å². The van der Waals surface area contributed by atoms with Crippen LogP contribution < -0.4 is 5.32 Å². The van der Waals surface area contributed by atoms with Gasteiger partial charge in [-0.05, 0) is 41.3 Å². The fourth-order valence-corrected chi connectivity index (χ4v) is 3.47. The number of nitrogens with one attached hydrogen (secondary N) is 1. The average Bonchev–Trinajstić information content (AvgIpc) is 2.91. The Bertz CT molecular complexity index is 501. The summed E-state index contributed by atoms with van der Waals surface area (Å²) < 4.78 is 0. The minimum absolute atomic E-state index is 0.447. The molecule has 108 valence electrons. The van der Waals surface area contributed by atoms with E-state index in [0.29, 0.717) is 12.0 Å². The molecule has 0 fully saturated rings. The summed E-state index contributed by atoms with van der Waals surface area (Å²) in [5.41, 5.74) is 2.88. The summed E-state index contributed by atoms with van der Waals surface area (Å²) in [5, 5.41) is 5.96. The van der Waals surface area contributed by atoms with Crippen LogP contribution in [-0.4, -0.2) is 0 Å². The predicted octanol–water partition coefficient (Wildman–Crippen LogP) is 5.19. The van der Waals surface area contributed by atoms with Crippen molar-refractivity contribution in [3.8, 4) is 0 Å². The molecule has 1 atom stereocenters. The van der Waals surface area contributed by atoms with Crippen molar-refractivity contribution in [3.63, 3.8) is 0 Å². The standard InChI is InChI=1S/C18H25NS/c1-4-15-10-11-20-18(15)13-19-17(12-14(2)3)16-8-6-5-7-9-16/h5-11,14,17,19H,4,12-13H2,1-3H3. The first-order valence-electron chi connectivity index (χ1n) is 7.54. The van der Waals surface area contributed by atoms with E-state index in [2.05, 4.69) is 67.9 Å². The van der Waals surface area contributed by atoms with Gasteiger partial charge >= 0.3 is 0 Å². The second kappa shape index (κ2) is 7.61. The number of benzene rings is 1. The molecular formula is C18H25NS. The zero-order valence-electron chi connectivity index (χ0n) is 12.7. The lowest BCUT2D eigenvalue weighted by molar-refractivity contribution is 0.429. The molecule has 0 aliphatic rings. The minimum atomic E-state index is 0.447. The van der Waals surface area contributed by atoms with Crippen LogP contribution in [-0.2, 0) is 13.0 Å². The molecule has 1 unspecified atom stereocenters. The summed E-state index contributed by atoms with van der Waals surface area (Å²) in [4.78, 5) is 1.48. The van der Waals surface area contributed by atoms with Crippen molar-refractivity contribution in [1.29, 1.82) is 0 Å². The summed E-state index contributed by atoms with van der Waals surface area (Å²) in [6.45, 7) is 7.79. The largest absolute Gasteiger partial charge is 0.305 e. The lowest BCUT2D eigenvalue weighted by Crippen LogP contribution is -2.22. The first kappa shape index (κ1) is 15.3. The molecule has 20 heavy (non-hydrogen) atoms. The Morgan fingerprint density at radius 1 is 1.10 bits per heavy atom. The first-order chi connectivity index (χ1) is 9.70. The van der Waals surface area contributed by atoms with Crippen molar-refractivity contribution in [1.82, 2.24) is 5.32 Å². The van der Waals surface area contributed by atoms with Gasteiger partial charge in [-0.15, -0.1) is 11.3 Å². The molecule has 0 aliphatic carbocycles. The SMILES string of the molecule is CCc1ccsc1CNC(CC(C)C)c1ccccc1. The Hall–Kier alpha value is -1.12. The van der Waals surface area contributed by atoms with Crippen LogP contribution in [0.4, 0.5) is 0 Å². The highest BCUT2D eigenvalue weighted by atomic mass is 32.1. The van der Waals surface area contributed by atoms with E-state index < -0.39 is 0 Å². The van der Waals surface area contributed by atoms with E-state index in [0.717, 1.165) is 13.0 Å². The van der Waals surface area contributed by atoms with E-state index in [9.17, 15) is 0 Å². The molecule has 1 aromatic carbocycles. The van der Waals surface area contributed by atoms with Crippen molar-refractivity contribution in [3.05, 3.63) is 57.8 Å². The Labute approximate surface area is 127 Å². The fourth-order valence-electron chi connectivity index (χ4n) is 2.55. The predicted molar refractivity (Wildman–Crippen MR) is 89.2 cm³/mol. The summed E-state index contributed by atoms with van der Waals surface area (Å²) in [6.07, 6.45) is 2.30. The zero-order valence-corrected chi connectivity index (χ0v) is 13.5. The Kier molecular flexibility index (Phi) is 5.81. The summed E-state index contributed by atoms with van der Waals surface area (Å²) in [6, 6.07) is 13.5. The molecule has 0 saturated heterocycles. The number of hydrogen-bond donors (Lipinski definition) is 1. The van der Waals surface area contributed by atoms with Crippen LogP contribution in [0.1, 0.15) is 49.2 Å². The van der Waals surface area contributed by atoms with Crippen molar-refractivity contribution < 1.29 is 0 Å². The van der Waals surface area contributed by atoms with E-state index in [1.165, 1.54) is 22.4 Å². The number of hydrogen-bond acceptors (Lipinski definition) is 2.